The highest BCUT2D eigenvalue weighted by Crippen LogP contribution is 1.95. The minimum atomic E-state index is 0.669. The molecule has 1 atom stereocenters. The summed E-state index contributed by atoms with van der Waals surface area (Å²) in [6.45, 7) is 5.52. The van der Waals surface area contributed by atoms with E-state index in [0.29, 0.717) is 6.04 Å². The predicted octanol–water partition coefficient (Wildman–Crippen LogP) is 0.478. The first-order chi connectivity index (χ1) is 6.07. The van der Waals surface area contributed by atoms with Crippen LogP contribution in [0.1, 0.15) is 13.3 Å². The van der Waals surface area contributed by atoms with Gasteiger partial charge in [-0.05, 0) is 34.6 Å². The van der Waals surface area contributed by atoms with Crippen molar-refractivity contribution in [2.24, 2.45) is 0 Å². The van der Waals surface area contributed by atoms with Gasteiger partial charge in [-0.2, -0.15) is 0 Å². The summed E-state index contributed by atoms with van der Waals surface area (Å²) in [6.07, 6.45) is 1.21. The smallest absolute Gasteiger partial charge is 0.0211 e. The van der Waals surface area contributed by atoms with E-state index in [1.165, 1.54) is 6.42 Å². The number of nitrogens with one attached hydrogen (secondary N) is 1. The Bertz CT molecular complexity index is 113. The Kier molecular flexibility index (Phi) is 7.23. The van der Waals surface area contributed by atoms with E-state index in [9.17, 15) is 0 Å². The van der Waals surface area contributed by atoms with E-state index in [0.717, 1.165) is 19.6 Å². The SMILES string of the molecule is CCC(CNCCN(C)C)N(C)C. The summed E-state index contributed by atoms with van der Waals surface area (Å²) >= 11 is 0. The van der Waals surface area contributed by atoms with Gasteiger partial charge in [0.25, 0.3) is 0 Å². The Morgan fingerprint density at radius 2 is 1.77 bits per heavy atom. The molecule has 0 heterocycles. The molecule has 0 amide bonds. The van der Waals surface area contributed by atoms with Crippen molar-refractivity contribution in [2.75, 3.05) is 47.8 Å². The highest BCUT2D eigenvalue weighted by Gasteiger charge is 2.06. The van der Waals surface area contributed by atoms with Crippen molar-refractivity contribution in [3.63, 3.8) is 0 Å². The molecular formula is C10H25N3. The topological polar surface area (TPSA) is 18.5 Å². The number of likely N-dealkylation sites (N-methyl/N-ethyl adjacent to an activating group) is 2. The maximum Gasteiger partial charge on any atom is 0.0211 e. The molecule has 1 unspecified atom stereocenters. The minimum absolute atomic E-state index is 0.669. The lowest BCUT2D eigenvalue weighted by Crippen LogP contribution is -2.39. The third-order valence-electron chi connectivity index (χ3n) is 2.32. The quantitative estimate of drug-likeness (QED) is 0.585. The molecule has 0 aliphatic rings. The summed E-state index contributed by atoms with van der Waals surface area (Å²) in [5.74, 6) is 0. The van der Waals surface area contributed by atoms with Gasteiger partial charge >= 0.3 is 0 Å². The fourth-order valence-electron chi connectivity index (χ4n) is 1.26. The molecule has 0 aromatic rings. The minimum Gasteiger partial charge on any atom is -0.314 e. The second-order valence-corrected chi connectivity index (χ2v) is 4.03. The van der Waals surface area contributed by atoms with Gasteiger partial charge in [0.1, 0.15) is 0 Å². The Balaban J connectivity index is 3.39. The molecule has 0 aromatic heterocycles. The van der Waals surface area contributed by atoms with Crippen LogP contribution in [0.2, 0.25) is 0 Å². The number of hydrogen-bond donors (Lipinski definition) is 1. The highest BCUT2D eigenvalue weighted by atomic mass is 15.1. The second kappa shape index (κ2) is 7.30. The summed E-state index contributed by atoms with van der Waals surface area (Å²) < 4.78 is 0. The third kappa shape index (κ3) is 6.99. The van der Waals surface area contributed by atoms with Gasteiger partial charge in [-0.25, -0.2) is 0 Å². The number of rotatable bonds is 7. The molecule has 0 saturated carbocycles. The van der Waals surface area contributed by atoms with Crippen molar-refractivity contribution in [3.05, 3.63) is 0 Å². The molecule has 3 nitrogen and oxygen atoms in total. The van der Waals surface area contributed by atoms with Gasteiger partial charge < -0.3 is 15.1 Å². The second-order valence-electron chi connectivity index (χ2n) is 4.03. The first-order valence-electron chi connectivity index (χ1n) is 5.09. The monoisotopic (exact) mass is 187 g/mol. The molecule has 80 valence electrons. The summed E-state index contributed by atoms with van der Waals surface area (Å²) in [4.78, 5) is 4.48. The van der Waals surface area contributed by atoms with Crippen molar-refractivity contribution in [1.29, 1.82) is 0 Å². The zero-order chi connectivity index (χ0) is 10.3. The standard InChI is InChI=1S/C10H25N3/c1-6-10(13(4)5)9-11-7-8-12(2)3/h10-11H,6-9H2,1-5H3. The molecule has 0 spiro atoms. The van der Waals surface area contributed by atoms with Crippen molar-refractivity contribution in [3.8, 4) is 0 Å². The van der Waals surface area contributed by atoms with Crippen LogP contribution in [0.4, 0.5) is 0 Å². The first-order valence-corrected chi connectivity index (χ1v) is 5.09. The molecule has 0 rings (SSSR count). The molecule has 0 aliphatic heterocycles. The molecule has 0 aliphatic carbocycles. The van der Waals surface area contributed by atoms with Crippen molar-refractivity contribution in [1.82, 2.24) is 15.1 Å². The Morgan fingerprint density at radius 3 is 2.15 bits per heavy atom. The van der Waals surface area contributed by atoms with Crippen LogP contribution in [-0.4, -0.2) is 63.7 Å². The summed E-state index contributed by atoms with van der Waals surface area (Å²) in [6, 6.07) is 0.669. The van der Waals surface area contributed by atoms with E-state index in [4.69, 9.17) is 0 Å². The largest absolute Gasteiger partial charge is 0.314 e. The number of nitrogens with zero attached hydrogens (tertiary/aromatic N) is 2. The van der Waals surface area contributed by atoms with Gasteiger partial charge in [-0.1, -0.05) is 6.92 Å². The lowest BCUT2D eigenvalue weighted by molar-refractivity contribution is 0.272. The van der Waals surface area contributed by atoms with E-state index in [-0.39, 0.29) is 0 Å². The Morgan fingerprint density at radius 1 is 1.15 bits per heavy atom. The van der Waals surface area contributed by atoms with Crippen molar-refractivity contribution in [2.45, 2.75) is 19.4 Å². The maximum absolute atomic E-state index is 3.47. The lowest BCUT2D eigenvalue weighted by Gasteiger charge is -2.23. The molecule has 0 bridgehead atoms. The van der Waals surface area contributed by atoms with Crippen LogP contribution >= 0.6 is 0 Å². The van der Waals surface area contributed by atoms with Gasteiger partial charge in [0.2, 0.25) is 0 Å². The molecule has 0 radical (unpaired) electrons. The van der Waals surface area contributed by atoms with Crippen LogP contribution in [0, 0.1) is 0 Å². The van der Waals surface area contributed by atoms with Gasteiger partial charge in [0, 0.05) is 25.7 Å². The molecule has 13 heavy (non-hydrogen) atoms. The molecule has 0 saturated heterocycles. The van der Waals surface area contributed by atoms with Crippen LogP contribution in [0.5, 0.6) is 0 Å². The zero-order valence-electron chi connectivity index (χ0n) is 9.80. The average Bonchev–Trinajstić information content (AvgIpc) is 2.03. The fourth-order valence-corrected chi connectivity index (χ4v) is 1.26. The lowest BCUT2D eigenvalue weighted by atomic mass is 10.2. The molecular weight excluding hydrogens is 162 g/mol. The van der Waals surface area contributed by atoms with Crippen molar-refractivity contribution < 1.29 is 0 Å². The van der Waals surface area contributed by atoms with Crippen LogP contribution in [0.15, 0.2) is 0 Å². The van der Waals surface area contributed by atoms with Gasteiger partial charge in [0.05, 0.1) is 0 Å². The van der Waals surface area contributed by atoms with Crippen LogP contribution < -0.4 is 5.32 Å². The highest BCUT2D eigenvalue weighted by molar-refractivity contribution is 4.67. The summed E-state index contributed by atoms with van der Waals surface area (Å²) in [5, 5.41) is 3.47. The zero-order valence-corrected chi connectivity index (χ0v) is 9.80. The van der Waals surface area contributed by atoms with E-state index in [1.54, 1.807) is 0 Å². The van der Waals surface area contributed by atoms with Crippen LogP contribution in [-0.2, 0) is 0 Å². The normalized spacial score (nSPS) is 14.1. The van der Waals surface area contributed by atoms with Gasteiger partial charge in [-0.15, -0.1) is 0 Å². The Labute approximate surface area is 83.1 Å². The molecule has 3 heteroatoms. The van der Waals surface area contributed by atoms with Gasteiger partial charge in [-0.3, -0.25) is 0 Å². The molecule has 1 N–H and O–H groups in total. The predicted molar refractivity (Wildman–Crippen MR) is 59.2 cm³/mol. The Hall–Kier alpha value is -0.120. The fraction of sp³-hybridized carbons (Fsp3) is 1.00. The average molecular weight is 187 g/mol. The summed E-state index contributed by atoms with van der Waals surface area (Å²) in [5.41, 5.74) is 0. The van der Waals surface area contributed by atoms with E-state index >= 15 is 0 Å². The van der Waals surface area contributed by atoms with E-state index in [2.05, 4.69) is 50.2 Å². The van der Waals surface area contributed by atoms with E-state index < -0.39 is 0 Å². The summed E-state index contributed by atoms with van der Waals surface area (Å²) in [7, 11) is 8.49. The third-order valence-corrected chi connectivity index (χ3v) is 2.32. The van der Waals surface area contributed by atoms with Crippen molar-refractivity contribution >= 4 is 0 Å². The van der Waals surface area contributed by atoms with Crippen LogP contribution in [0.25, 0.3) is 0 Å². The molecule has 0 aromatic carbocycles. The van der Waals surface area contributed by atoms with Gasteiger partial charge in [0.15, 0.2) is 0 Å². The van der Waals surface area contributed by atoms with E-state index in [1.807, 2.05) is 0 Å². The molecule has 0 fully saturated rings. The number of hydrogen-bond acceptors (Lipinski definition) is 3. The van der Waals surface area contributed by atoms with Crippen LogP contribution in [0.3, 0.4) is 0 Å². The first kappa shape index (κ1) is 12.9. The maximum atomic E-state index is 3.47.